The maximum Gasteiger partial charge on any atom is 0.242 e. The van der Waals surface area contributed by atoms with Crippen LogP contribution in [0.5, 0.6) is 0 Å². The molecule has 0 bridgehead atoms. The topological polar surface area (TPSA) is 117 Å². The molecule has 0 radical (unpaired) electrons. The van der Waals surface area contributed by atoms with Gasteiger partial charge in [0, 0.05) is 36.4 Å². The lowest BCUT2D eigenvalue weighted by molar-refractivity contribution is -0.134. The standard InChI is InChI=1S/C23H25N5O3S/c1-16-8-12-27(13-9-16)23(29)22(25)20(15-28-11-3-4-17(28)14-24)31-32(30)21-6-2-5-19-18(21)7-10-26-19/h2-8,10-11,20,22,26H,9,12-13,15,25H2,1H3. The first-order chi connectivity index (χ1) is 15.5. The summed E-state index contributed by atoms with van der Waals surface area (Å²) < 4.78 is 20.8. The molecule has 1 aliphatic rings. The Morgan fingerprint density at radius 2 is 2.19 bits per heavy atom. The van der Waals surface area contributed by atoms with Crippen LogP contribution < -0.4 is 5.73 Å². The lowest BCUT2D eigenvalue weighted by Gasteiger charge is -2.31. The van der Waals surface area contributed by atoms with Crippen LogP contribution in [0.4, 0.5) is 0 Å². The predicted molar refractivity (Wildman–Crippen MR) is 122 cm³/mol. The van der Waals surface area contributed by atoms with Crippen LogP contribution in [0, 0.1) is 11.3 Å². The average Bonchev–Trinajstić information content (AvgIpc) is 3.47. The van der Waals surface area contributed by atoms with Gasteiger partial charge in [-0.3, -0.25) is 8.98 Å². The minimum atomic E-state index is -1.86. The summed E-state index contributed by atoms with van der Waals surface area (Å²) in [5, 5.41) is 10.1. The van der Waals surface area contributed by atoms with E-state index in [1.165, 1.54) is 5.57 Å². The second-order valence-corrected chi connectivity index (χ2v) is 8.93. The molecule has 3 unspecified atom stereocenters. The van der Waals surface area contributed by atoms with Gasteiger partial charge in [-0.25, -0.2) is 4.21 Å². The molecule has 166 valence electrons. The van der Waals surface area contributed by atoms with Crippen molar-refractivity contribution in [2.75, 3.05) is 13.1 Å². The number of hydrogen-bond acceptors (Lipinski definition) is 5. The molecule has 1 aromatic carbocycles. The molecule has 2 aromatic heterocycles. The smallest absolute Gasteiger partial charge is 0.242 e. The number of nitrogens with one attached hydrogen (secondary N) is 1. The quantitative estimate of drug-likeness (QED) is 0.535. The summed E-state index contributed by atoms with van der Waals surface area (Å²) in [4.78, 5) is 18.4. The number of nitrogens with two attached hydrogens (primary N) is 1. The third kappa shape index (κ3) is 4.53. The highest BCUT2D eigenvalue weighted by atomic mass is 32.2. The van der Waals surface area contributed by atoms with Crippen molar-refractivity contribution in [3.63, 3.8) is 0 Å². The summed E-state index contributed by atoms with van der Waals surface area (Å²) in [6, 6.07) is 11.7. The van der Waals surface area contributed by atoms with Gasteiger partial charge in [0.2, 0.25) is 5.91 Å². The van der Waals surface area contributed by atoms with Gasteiger partial charge in [0.15, 0.2) is 11.1 Å². The Morgan fingerprint density at radius 1 is 1.34 bits per heavy atom. The van der Waals surface area contributed by atoms with Crippen molar-refractivity contribution in [3.8, 4) is 6.07 Å². The second-order valence-electron chi connectivity index (χ2n) is 7.83. The SMILES string of the molecule is CC1=CCN(C(=O)C(N)C(Cn2cccc2C#N)OS(=O)c2cccc3[nH]ccc23)CC1. The molecule has 32 heavy (non-hydrogen) atoms. The molecule has 3 aromatic rings. The molecule has 0 spiro atoms. The largest absolute Gasteiger partial charge is 0.361 e. The van der Waals surface area contributed by atoms with Crippen molar-refractivity contribution in [2.24, 2.45) is 5.73 Å². The molecular weight excluding hydrogens is 426 g/mol. The number of hydrogen-bond donors (Lipinski definition) is 2. The summed E-state index contributed by atoms with van der Waals surface area (Å²) in [7, 11) is 0. The normalized spacial score (nSPS) is 16.9. The monoisotopic (exact) mass is 451 g/mol. The first-order valence-corrected chi connectivity index (χ1v) is 11.5. The zero-order valence-corrected chi connectivity index (χ0v) is 18.5. The van der Waals surface area contributed by atoms with Gasteiger partial charge < -0.3 is 20.2 Å². The minimum absolute atomic E-state index is 0.125. The predicted octanol–water partition coefficient (Wildman–Crippen LogP) is 2.45. The average molecular weight is 452 g/mol. The molecule has 3 N–H and O–H groups in total. The molecular formula is C23H25N5O3S. The highest BCUT2D eigenvalue weighted by Crippen LogP contribution is 2.23. The summed E-state index contributed by atoms with van der Waals surface area (Å²) in [5.74, 6) is -0.263. The van der Waals surface area contributed by atoms with Crippen LogP contribution in [-0.2, 0) is 26.6 Å². The first kappa shape index (κ1) is 22.0. The van der Waals surface area contributed by atoms with Gasteiger partial charge in [-0.2, -0.15) is 5.26 Å². The fourth-order valence-corrected chi connectivity index (χ4v) is 4.84. The Morgan fingerprint density at radius 3 is 2.94 bits per heavy atom. The van der Waals surface area contributed by atoms with Crippen LogP contribution in [0.15, 0.2) is 65.3 Å². The van der Waals surface area contributed by atoms with Crippen molar-refractivity contribution < 1.29 is 13.2 Å². The Hall–Kier alpha value is -3.19. The Bertz CT molecular complexity index is 1220. The second kappa shape index (κ2) is 9.53. The fraction of sp³-hybridized carbons (Fsp3) is 0.304. The number of amides is 1. The first-order valence-electron chi connectivity index (χ1n) is 10.4. The number of nitriles is 1. The van der Waals surface area contributed by atoms with Gasteiger partial charge in [-0.1, -0.05) is 17.7 Å². The molecule has 3 atom stereocenters. The van der Waals surface area contributed by atoms with Crippen molar-refractivity contribution in [1.29, 1.82) is 5.26 Å². The fourth-order valence-electron chi connectivity index (χ4n) is 3.78. The lowest BCUT2D eigenvalue weighted by Crippen LogP contribution is -2.53. The van der Waals surface area contributed by atoms with E-state index in [2.05, 4.69) is 11.1 Å². The van der Waals surface area contributed by atoms with E-state index in [0.29, 0.717) is 23.7 Å². The number of carbonyl (C=O) groups is 1. The van der Waals surface area contributed by atoms with Crippen LogP contribution in [0.2, 0.25) is 0 Å². The number of H-pyrrole nitrogens is 1. The van der Waals surface area contributed by atoms with Crippen molar-refractivity contribution in [2.45, 2.75) is 36.9 Å². The van der Waals surface area contributed by atoms with Crippen LogP contribution in [0.3, 0.4) is 0 Å². The van der Waals surface area contributed by atoms with E-state index < -0.39 is 23.2 Å². The Balaban J connectivity index is 1.60. The molecule has 4 rings (SSSR count). The number of rotatable bonds is 7. The maximum absolute atomic E-state index is 13.2. The van der Waals surface area contributed by atoms with Crippen molar-refractivity contribution >= 4 is 27.9 Å². The van der Waals surface area contributed by atoms with Gasteiger partial charge >= 0.3 is 0 Å². The lowest BCUT2D eigenvalue weighted by atomic mass is 10.1. The molecule has 0 saturated heterocycles. The Kier molecular flexibility index (Phi) is 6.55. The van der Waals surface area contributed by atoms with Gasteiger partial charge in [-0.15, -0.1) is 0 Å². The van der Waals surface area contributed by atoms with E-state index in [0.717, 1.165) is 17.3 Å². The number of nitrogens with zero attached hydrogens (tertiary/aromatic N) is 3. The van der Waals surface area contributed by atoms with E-state index in [-0.39, 0.29) is 12.5 Å². The summed E-state index contributed by atoms with van der Waals surface area (Å²) in [6.07, 6.45) is 5.39. The molecule has 1 aliphatic heterocycles. The molecule has 0 saturated carbocycles. The van der Waals surface area contributed by atoms with Crippen molar-refractivity contribution in [1.82, 2.24) is 14.5 Å². The molecule has 9 heteroatoms. The van der Waals surface area contributed by atoms with Gasteiger partial charge in [-0.05, 0) is 43.7 Å². The van der Waals surface area contributed by atoms with Gasteiger partial charge in [0.05, 0.1) is 11.4 Å². The number of benzene rings is 1. The van der Waals surface area contributed by atoms with Crippen LogP contribution in [-0.4, -0.2) is 49.8 Å². The van der Waals surface area contributed by atoms with E-state index in [4.69, 9.17) is 9.92 Å². The van der Waals surface area contributed by atoms with Crippen LogP contribution in [0.1, 0.15) is 19.0 Å². The maximum atomic E-state index is 13.2. The summed E-state index contributed by atoms with van der Waals surface area (Å²) in [6.45, 7) is 3.23. The highest BCUT2D eigenvalue weighted by Gasteiger charge is 2.32. The highest BCUT2D eigenvalue weighted by molar-refractivity contribution is 7.80. The van der Waals surface area contributed by atoms with E-state index in [1.807, 2.05) is 25.1 Å². The third-order valence-electron chi connectivity index (χ3n) is 5.70. The van der Waals surface area contributed by atoms with E-state index in [1.54, 1.807) is 46.1 Å². The number of fused-ring (bicyclic) bond motifs is 1. The van der Waals surface area contributed by atoms with Crippen LogP contribution >= 0.6 is 0 Å². The summed E-state index contributed by atoms with van der Waals surface area (Å²) in [5.41, 5.74) is 8.87. The minimum Gasteiger partial charge on any atom is -0.361 e. The number of aromatic nitrogens is 2. The van der Waals surface area contributed by atoms with E-state index >= 15 is 0 Å². The van der Waals surface area contributed by atoms with Crippen molar-refractivity contribution in [3.05, 3.63) is 66.1 Å². The van der Waals surface area contributed by atoms with Crippen LogP contribution in [0.25, 0.3) is 10.9 Å². The third-order valence-corrected chi connectivity index (χ3v) is 6.84. The number of aromatic amines is 1. The molecule has 0 fully saturated rings. The molecule has 1 amide bonds. The molecule has 0 aliphatic carbocycles. The molecule has 3 heterocycles. The van der Waals surface area contributed by atoms with E-state index in [9.17, 15) is 14.3 Å². The zero-order valence-electron chi connectivity index (χ0n) is 17.7. The molecule has 8 nitrogen and oxygen atoms in total. The van der Waals surface area contributed by atoms with Gasteiger partial charge in [0.25, 0.3) is 0 Å². The number of carbonyl (C=O) groups excluding carboxylic acids is 1. The Labute approximate surface area is 188 Å². The van der Waals surface area contributed by atoms with Gasteiger partial charge in [0.1, 0.15) is 23.9 Å². The summed E-state index contributed by atoms with van der Waals surface area (Å²) >= 11 is -1.86. The zero-order chi connectivity index (χ0) is 22.7.